The minimum atomic E-state index is -0.273. The van der Waals surface area contributed by atoms with Crippen molar-refractivity contribution >= 4 is 11.9 Å². The fourth-order valence-corrected chi connectivity index (χ4v) is 2.01. The minimum absolute atomic E-state index is 0.208. The Bertz CT molecular complexity index is 812. The zero-order valence-corrected chi connectivity index (χ0v) is 12.2. The van der Waals surface area contributed by atoms with Crippen LogP contribution in [0.5, 0.6) is 0 Å². The number of pyridine rings is 1. The lowest BCUT2D eigenvalue weighted by Gasteiger charge is -2.07. The van der Waals surface area contributed by atoms with Crippen LogP contribution in [0.1, 0.15) is 16.3 Å². The molecule has 1 amide bonds. The number of rotatable bonds is 3. The van der Waals surface area contributed by atoms with Crippen LogP contribution in [0.4, 0.5) is 5.95 Å². The van der Waals surface area contributed by atoms with E-state index in [4.69, 9.17) is 0 Å². The molecule has 0 aromatic carbocycles. The lowest BCUT2D eigenvalue weighted by Crippen LogP contribution is -2.18. The number of carbonyl (C=O) groups excluding carboxylic acids is 1. The van der Waals surface area contributed by atoms with Crippen LogP contribution in [-0.2, 0) is 7.05 Å². The van der Waals surface area contributed by atoms with Gasteiger partial charge in [0.2, 0.25) is 5.95 Å². The molecular formula is C15H14N6O. The second-order valence-corrected chi connectivity index (χ2v) is 4.70. The summed E-state index contributed by atoms with van der Waals surface area (Å²) in [7, 11) is 1.80. The highest BCUT2D eigenvalue weighted by Crippen LogP contribution is 2.13. The molecule has 110 valence electrons. The van der Waals surface area contributed by atoms with Crippen molar-refractivity contribution in [1.82, 2.24) is 24.5 Å². The van der Waals surface area contributed by atoms with Gasteiger partial charge in [-0.3, -0.25) is 15.1 Å². The summed E-state index contributed by atoms with van der Waals surface area (Å²) >= 11 is 0. The summed E-state index contributed by atoms with van der Waals surface area (Å²) in [5.41, 5.74) is 1.15. The molecule has 22 heavy (non-hydrogen) atoms. The Hall–Kier alpha value is -3.09. The van der Waals surface area contributed by atoms with Crippen molar-refractivity contribution in [3.05, 3.63) is 54.2 Å². The first kappa shape index (κ1) is 13.9. The maximum absolute atomic E-state index is 12.2. The van der Waals surface area contributed by atoms with Crippen LogP contribution >= 0.6 is 0 Å². The fourth-order valence-electron chi connectivity index (χ4n) is 2.01. The topological polar surface area (TPSA) is 85.6 Å². The molecule has 3 aromatic heterocycles. The predicted octanol–water partition coefficient (Wildman–Crippen LogP) is 1.83. The van der Waals surface area contributed by atoms with Crippen LogP contribution < -0.4 is 5.32 Å². The second-order valence-electron chi connectivity index (χ2n) is 4.70. The molecule has 0 aliphatic heterocycles. The summed E-state index contributed by atoms with van der Waals surface area (Å²) < 4.78 is 1.73. The molecule has 0 saturated carbocycles. The van der Waals surface area contributed by atoms with Gasteiger partial charge in [0, 0.05) is 19.4 Å². The summed E-state index contributed by atoms with van der Waals surface area (Å²) in [5, 5.41) is 2.69. The van der Waals surface area contributed by atoms with Gasteiger partial charge in [-0.15, -0.1) is 0 Å². The van der Waals surface area contributed by atoms with Crippen molar-refractivity contribution in [3.8, 4) is 11.5 Å². The monoisotopic (exact) mass is 294 g/mol. The van der Waals surface area contributed by atoms with E-state index in [1.165, 1.54) is 0 Å². The van der Waals surface area contributed by atoms with Crippen LogP contribution in [0.25, 0.3) is 11.5 Å². The fraction of sp³-hybridized carbons (Fsp3) is 0.133. The number of aryl methyl sites for hydroxylation is 2. The molecule has 0 unspecified atom stereocenters. The number of aromatic nitrogens is 5. The maximum atomic E-state index is 12.2. The van der Waals surface area contributed by atoms with E-state index < -0.39 is 0 Å². The van der Waals surface area contributed by atoms with Gasteiger partial charge in [-0.1, -0.05) is 6.07 Å². The SMILES string of the molecule is Cc1nc(NC(=O)c2cccn2C)nc(-c2ccccn2)n1. The van der Waals surface area contributed by atoms with Gasteiger partial charge in [0.05, 0.1) is 0 Å². The maximum Gasteiger partial charge on any atom is 0.274 e. The summed E-state index contributed by atoms with van der Waals surface area (Å²) in [6.45, 7) is 1.74. The van der Waals surface area contributed by atoms with E-state index in [-0.39, 0.29) is 11.9 Å². The Morgan fingerprint density at radius 1 is 1.14 bits per heavy atom. The number of amides is 1. The molecule has 7 nitrogen and oxygen atoms in total. The van der Waals surface area contributed by atoms with Gasteiger partial charge in [-0.05, 0) is 31.2 Å². The Labute approximate surface area is 127 Å². The van der Waals surface area contributed by atoms with Gasteiger partial charge in [0.1, 0.15) is 17.2 Å². The molecule has 0 aliphatic carbocycles. The van der Waals surface area contributed by atoms with E-state index in [1.807, 2.05) is 12.1 Å². The van der Waals surface area contributed by atoms with E-state index in [0.717, 1.165) is 0 Å². The second kappa shape index (κ2) is 5.72. The first-order valence-corrected chi connectivity index (χ1v) is 6.70. The molecule has 0 fully saturated rings. The van der Waals surface area contributed by atoms with E-state index in [2.05, 4.69) is 25.3 Å². The molecule has 7 heteroatoms. The van der Waals surface area contributed by atoms with Gasteiger partial charge in [-0.2, -0.15) is 9.97 Å². The molecule has 0 radical (unpaired) electrons. The zero-order valence-electron chi connectivity index (χ0n) is 12.2. The molecule has 1 N–H and O–H groups in total. The number of hydrogen-bond acceptors (Lipinski definition) is 5. The molecule has 0 atom stereocenters. The van der Waals surface area contributed by atoms with Crippen molar-refractivity contribution in [1.29, 1.82) is 0 Å². The average Bonchev–Trinajstić information content (AvgIpc) is 2.94. The molecule has 0 saturated heterocycles. The molecule has 0 aliphatic rings. The summed E-state index contributed by atoms with van der Waals surface area (Å²) in [6, 6.07) is 8.99. The molecule has 3 rings (SSSR count). The van der Waals surface area contributed by atoms with Crippen molar-refractivity contribution in [3.63, 3.8) is 0 Å². The third kappa shape index (κ3) is 2.83. The smallest absolute Gasteiger partial charge is 0.274 e. The van der Waals surface area contributed by atoms with Gasteiger partial charge < -0.3 is 4.57 Å². The van der Waals surface area contributed by atoms with Crippen molar-refractivity contribution < 1.29 is 4.79 Å². The number of hydrogen-bond donors (Lipinski definition) is 1. The zero-order chi connectivity index (χ0) is 15.5. The van der Waals surface area contributed by atoms with E-state index in [1.54, 1.807) is 49.1 Å². The van der Waals surface area contributed by atoms with E-state index in [0.29, 0.717) is 23.0 Å². The van der Waals surface area contributed by atoms with Crippen LogP contribution in [0.3, 0.4) is 0 Å². The Kier molecular flexibility index (Phi) is 3.61. The van der Waals surface area contributed by atoms with Gasteiger partial charge in [-0.25, -0.2) is 4.98 Å². The highest BCUT2D eigenvalue weighted by molar-refractivity contribution is 6.02. The predicted molar refractivity (Wildman–Crippen MR) is 81.2 cm³/mol. The lowest BCUT2D eigenvalue weighted by atomic mass is 10.3. The molecule has 0 bridgehead atoms. The van der Waals surface area contributed by atoms with Crippen LogP contribution in [0.2, 0.25) is 0 Å². The van der Waals surface area contributed by atoms with Crippen molar-refractivity contribution in [2.45, 2.75) is 6.92 Å². The summed E-state index contributed by atoms with van der Waals surface area (Å²) in [5.74, 6) is 0.873. The summed E-state index contributed by atoms with van der Waals surface area (Å²) in [4.78, 5) is 29.1. The highest BCUT2D eigenvalue weighted by atomic mass is 16.2. The number of nitrogens with zero attached hydrogens (tertiary/aromatic N) is 5. The third-order valence-electron chi connectivity index (χ3n) is 3.04. The molecule has 3 aromatic rings. The Balaban J connectivity index is 1.90. The standard InChI is InChI=1S/C15H14N6O/c1-10-17-13(11-6-3-4-8-16-11)19-15(18-10)20-14(22)12-7-5-9-21(12)2/h3-9H,1-2H3,(H,17,18,19,20,22). The quantitative estimate of drug-likeness (QED) is 0.796. The molecule has 0 spiro atoms. The largest absolute Gasteiger partial charge is 0.347 e. The van der Waals surface area contributed by atoms with Crippen molar-refractivity contribution in [2.24, 2.45) is 7.05 Å². The van der Waals surface area contributed by atoms with Gasteiger partial charge in [0.25, 0.3) is 5.91 Å². The minimum Gasteiger partial charge on any atom is -0.347 e. The lowest BCUT2D eigenvalue weighted by molar-refractivity contribution is 0.101. The number of carbonyl (C=O) groups is 1. The average molecular weight is 294 g/mol. The van der Waals surface area contributed by atoms with Crippen molar-refractivity contribution in [2.75, 3.05) is 5.32 Å². The number of nitrogens with one attached hydrogen (secondary N) is 1. The normalized spacial score (nSPS) is 10.5. The summed E-state index contributed by atoms with van der Waals surface area (Å²) in [6.07, 6.45) is 3.46. The molecular weight excluding hydrogens is 280 g/mol. The number of anilines is 1. The van der Waals surface area contributed by atoms with Gasteiger partial charge >= 0.3 is 0 Å². The van der Waals surface area contributed by atoms with Crippen LogP contribution in [-0.4, -0.2) is 30.4 Å². The van der Waals surface area contributed by atoms with E-state index in [9.17, 15) is 4.79 Å². The van der Waals surface area contributed by atoms with Crippen LogP contribution in [0, 0.1) is 6.92 Å². The van der Waals surface area contributed by atoms with Crippen LogP contribution in [0.15, 0.2) is 42.7 Å². The van der Waals surface area contributed by atoms with E-state index >= 15 is 0 Å². The highest BCUT2D eigenvalue weighted by Gasteiger charge is 2.13. The Morgan fingerprint density at radius 2 is 2.00 bits per heavy atom. The first-order chi connectivity index (χ1) is 10.6. The Morgan fingerprint density at radius 3 is 2.68 bits per heavy atom. The van der Waals surface area contributed by atoms with Gasteiger partial charge in [0.15, 0.2) is 5.82 Å². The first-order valence-electron chi connectivity index (χ1n) is 6.70. The molecule has 3 heterocycles. The third-order valence-corrected chi connectivity index (χ3v) is 3.04.